The minimum Gasteiger partial charge on any atom is -0.481 e. The maximum Gasteiger partial charge on any atom is 0.303 e. The minimum absolute atomic E-state index is 0.0982. The van der Waals surface area contributed by atoms with Gasteiger partial charge < -0.3 is 10.4 Å². The normalized spacial score (nSPS) is 10.4. The molecule has 7 heteroatoms. The summed E-state index contributed by atoms with van der Waals surface area (Å²) in [6.07, 6.45) is 3.72. The first-order valence-corrected chi connectivity index (χ1v) is 7.61. The maximum atomic E-state index is 10.8. The summed E-state index contributed by atoms with van der Waals surface area (Å²) in [4.78, 5) is 20.8. The molecule has 2 N–H and O–H groups in total. The highest BCUT2D eigenvalue weighted by Gasteiger charge is 2.13. The Hall–Kier alpha value is -1.63. The van der Waals surface area contributed by atoms with Crippen LogP contribution in [0.25, 0.3) is 0 Å². The maximum absolute atomic E-state index is 10.8. The van der Waals surface area contributed by atoms with Gasteiger partial charge in [-0.2, -0.15) is 0 Å². The first kappa shape index (κ1) is 17.4. The molecule has 0 unspecified atom stereocenters. The van der Waals surface area contributed by atoms with E-state index in [0.717, 1.165) is 31.5 Å². The van der Waals surface area contributed by atoms with Crippen molar-refractivity contribution >= 4 is 33.3 Å². The Kier molecular flexibility index (Phi) is 7.14. The third-order valence-electron chi connectivity index (χ3n) is 3.12. The summed E-state index contributed by atoms with van der Waals surface area (Å²) in [5.41, 5.74) is 1.55. The Morgan fingerprint density at radius 2 is 2.00 bits per heavy atom. The van der Waals surface area contributed by atoms with Crippen molar-refractivity contribution in [2.75, 3.05) is 11.9 Å². The average molecular weight is 359 g/mol. The third kappa shape index (κ3) is 6.12. The van der Waals surface area contributed by atoms with E-state index in [1.165, 1.54) is 6.07 Å². The summed E-state index contributed by atoms with van der Waals surface area (Å²) < 4.78 is 0.672. The summed E-state index contributed by atoms with van der Waals surface area (Å²) >= 11 is 3.33. The summed E-state index contributed by atoms with van der Waals surface area (Å²) in [5, 5.41) is 22.6. The van der Waals surface area contributed by atoms with Crippen LogP contribution in [0.15, 0.2) is 16.6 Å². The number of hydrogen-bond donors (Lipinski definition) is 2. The van der Waals surface area contributed by atoms with E-state index < -0.39 is 10.9 Å². The van der Waals surface area contributed by atoms with Crippen LogP contribution in [0.4, 0.5) is 11.4 Å². The Bertz CT molecular complexity index is 520. The lowest BCUT2D eigenvalue weighted by atomic mass is 10.1. The van der Waals surface area contributed by atoms with Gasteiger partial charge in [0.05, 0.1) is 4.92 Å². The molecule has 6 nitrogen and oxygen atoms in total. The average Bonchev–Trinajstić information content (AvgIpc) is 2.40. The summed E-state index contributed by atoms with van der Waals surface area (Å²) in [5.74, 6) is -0.751. The van der Waals surface area contributed by atoms with Gasteiger partial charge in [-0.1, -0.05) is 12.8 Å². The molecule has 1 rings (SSSR count). The molecule has 0 saturated carbocycles. The van der Waals surface area contributed by atoms with E-state index in [4.69, 9.17) is 5.11 Å². The van der Waals surface area contributed by atoms with E-state index in [0.29, 0.717) is 16.5 Å². The number of hydrogen-bond acceptors (Lipinski definition) is 4. The van der Waals surface area contributed by atoms with Gasteiger partial charge in [-0.3, -0.25) is 14.9 Å². The van der Waals surface area contributed by atoms with Gasteiger partial charge >= 0.3 is 5.97 Å². The van der Waals surface area contributed by atoms with E-state index in [2.05, 4.69) is 21.2 Å². The van der Waals surface area contributed by atoms with Crippen LogP contribution in [0.1, 0.15) is 37.7 Å². The molecule has 0 atom stereocenters. The number of rotatable bonds is 9. The minimum atomic E-state index is -0.751. The van der Waals surface area contributed by atoms with Crippen molar-refractivity contribution in [3.8, 4) is 0 Å². The van der Waals surface area contributed by atoms with Gasteiger partial charge in [-0.15, -0.1) is 0 Å². The summed E-state index contributed by atoms with van der Waals surface area (Å²) in [7, 11) is 0. The van der Waals surface area contributed by atoms with Crippen LogP contribution < -0.4 is 5.32 Å². The summed E-state index contributed by atoms with van der Waals surface area (Å²) in [6, 6.07) is 3.26. The van der Waals surface area contributed by atoms with Gasteiger partial charge in [0.2, 0.25) is 0 Å². The van der Waals surface area contributed by atoms with Crippen molar-refractivity contribution in [1.82, 2.24) is 0 Å². The van der Waals surface area contributed by atoms with Crippen LogP contribution >= 0.6 is 15.9 Å². The Morgan fingerprint density at radius 1 is 1.33 bits per heavy atom. The lowest BCUT2D eigenvalue weighted by Crippen LogP contribution is -2.03. The van der Waals surface area contributed by atoms with Gasteiger partial charge in [-0.05, 0) is 41.8 Å². The standard InChI is InChI=1S/C14H19BrN2O4/c1-10-8-12(11(15)9-13(10)17(20)21)16-7-5-3-2-4-6-14(18)19/h8-9,16H,2-7H2,1H3,(H,18,19). The molecule has 21 heavy (non-hydrogen) atoms. The zero-order valence-electron chi connectivity index (χ0n) is 11.9. The fraction of sp³-hybridized carbons (Fsp3) is 0.500. The van der Waals surface area contributed by atoms with Gasteiger partial charge in [-0.25, -0.2) is 0 Å². The molecule has 0 heterocycles. The molecule has 0 aliphatic heterocycles. The second-order valence-corrected chi connectivity index (χ2v) is 5.71. The predicted octanol–water partition coefficient (Wildman–Crippen LogP) is 4.11. The quantitative estimate of drug-likeness (QED) is 0.393. The van der Waals surface area contributed by atoms with Gasteiger partial charge in [0, 0.05) is 34.8 Å². The highest BCUT2D eigenvalue weighted by atomic mass is 79.9. The monoisotopic (exact) mass is 358 g/mol. The predicted molar refractivity (Wildman–Crippen MR) is 84.7 cm³/mol. The number of anilines is 1. The number of halogens is 1. The number of nitrogens with zero attached hydrogens (tertiary/aromatic N) is 1. The Morgan fingerprint density at radius 3 is 2.62 bits per heavy atom. The molecule has 0 saturated heterocycles. The largest absolute Gasteiger partial charge is 0.481 e. The fourth-order valence-electron chi connectivity index (χ4n) is 1.98. The molecule has 1 aromatic carbocycles. The molecule has 0 radical (unpaired) electrons. The SMILES string of the molecule is Cc1cc(NCCCCCCC(=O)O)c(Br)cc1[N+](=O)[O-]. The lowest BCUT2D eigenvalue weighted by Gasteiger charge is -2.10. The molecule has 116 valence electrons. The second-order valence-electron chi connectivity index (χ2n) is 4.86. The van der Waals surface area contributed by atoms with Crippen LogP contribution in [-0.2, 0) is 4.79 Å². The number of carboxylic acid groups (broad SMARTS) is 1. The van der Waals surface area contributed by atoms with E-state index in [1.807, 2.05) is 0 Å². The molecular formula is C14H19BrN2O4. The number of aryl methyl sites for hydroxylation is 1. The Labute approximate surface area is 131 Å². The van der Waals surface area contributed by atoms with Crippen LogP contribution in [0.2, 0.25) is 0 Å². The molecule has 0 amide bonds. The highest BCUT2D eigenvalue weighted by molar-refractivity contribution is 9.10. The molecule has 0 aliphatic rings. The van der Waals surface area contributed by atoms with Crippen molar-refractivity contribution in [2.24, 2.45) is 0 Å². The van der Waals surface area contributed by atoms with Crippen molar-refractivity contribution in [1.29, 1.82) is 0 Å². The molecule has 1 aromatic rings. The zero-order chi connectivity index (χ0) is 15.8. The van der Waals surface area contributed by atoms with Gasteiger partial charge in [0.25, 0.3) is 5.69 Å². The summed E-state index contributed by atoms with van der Waals surface area (Å²) in [6.45, 7) is 2.46. The molecule has 0 fully saturated rings. The molecule has 0 bridgehead atoms. The van der Waals surface area contributed by atoms with Crippen LogP contribution in [0.5, 0.6) is 0 Å². The van der Waals surface area contributed by atoms with E-state index >= 15 is 0 Å². The van der Waals surface area contributed by atoms with Crippen molar-refractivity contribution in [2.45, 2.75) is 39.0 Å². The number of aliphatic carboxylic acids is 1. The topological polar surface area (TPSA) is 92.5 Å². The van der Waals surface area contributed by atoms with E-state index in [1.54, 1.807) is 13.0 Å². The molecule has 0 aromatic heterocycles. The third-order valence-corrected chi connectivity index (χ3v) is 3.77. The molecule has 0 aliphatic carbocycles. The fourth-order valence-corrected chi connectivity index (χ4v) is 2.45. The van der Waals surface area contributed by atoms with Crippen LogP contribution in [0.3, 0.4) is 0 Å². The lowest BCUT2D eigenvalue weighted by molar-refractivity contribution is -0.385. The van der Waals surface area contributed by atoms with Crippen molar-refractivity contribution in [3.05, 3.63) is 32.3 Å². The van der Waals surface area contributed by atoms with Crippen LogP contribution in [-0.4, -0.2) is 22.5 Å². The van der Waals surface area contributed by atoms with Gasteiger partial charge in [0.15, 0.2) is 0 Å². The smallest absolute Gasteiger partial charge is 0.303 e. The molecule has 0 spiro atoms. The number of nitrogens with one attached hydrogen (secondary N) is 1. The highest BCUT2D eigenvalue weighted by Crippen LogP contribution is 2.30. The number of carboxylic acids is 1. The number of unbranched alkanes of at least 4 members (excludes halogenated alkanes) is 3. The number of carbonyl (C=O) groups is 1. The second kappa shape index (κ2) is 8.61. The number of nitro benzene ring substituents is 1. The van der Waals surface area contributed by atoms with Crippen molar-refractivity contribution in [3.63, 3.8) is 0 Å². The number of nitro groups is 1. The zero-order valence-corrected chi connectivity index (χ0v) is 13.5. The van der Waals surface area contributed by atoms with E-state index in [9.17, 15) is 14.9 Å². The van der Waals surface area contributed by atoms with Gasteiger partial charge in [0.1, 0.15) is 0 Å². The van der Waals surface area contributed by atoms with E-state index in [-0.39, 0.29) is 12.1 Å². The first-order valence-electron chi connectivity index (χ1n) is 6.82. The van der Waals surface area contributed by atoms with Crippen molar-refractivity contribution < 1.29 is 14.8 Å². The van der Waals surface area contributed by atoms with Crippen LogP contribution in [0, 0.1) is 17.0 Å². The Balaban J connectivity index is 2.37. The molecular weight excluding hydrogens is 340 g/mol. The number of benzene rings is 1. The first-order chi connectivity index (χ1) is 9.91.